The zero-order chi connectivity index (χ0) is 16.7. The molecule has 0 bridgehead atoms. The van der Waals surface area contributed by atoms with Crippen LogP contribution < -0.4 is 0 Å². The molecule has 0 atom stereocenters. The fourth-order valence-electron chi connectivity index (χ4n) is 2.51. The first kappa shape index (κ1) is 21.2. The van der Waals surface area contributed by atoms with Crippen molar-refractivity contribution in [3.8, 4) is 0 Å². The average molecular weight is 340 g/mol. The molecule has 0 unspecified atom stereocenters. The van der Waals surface area contributed by atoms with E-state index in [0.29, 0.717) is 0 Å². The largest absolute Gasteiger partial charge is 0.500 e. The van der Waals surface area contributed by atoms with Gasteiger partial charge in [0.05, 0.1) is 0 Å². The third-order valence-corrected chi connectivity index (χ3v) is 10.1. The summed E-state index contributed by atoms with van der Waals surface area (Å²) in [4.78, 5) is 0. The lowest BCUT2D eigenvalue weighted by atomic mass is 10.5. The fourth-order valence-corrected chi connectivity index (χ4v) is 7.53. The SMILES string of the molecule is CO[Si](CCCN=P(N(C)C)(N(C)C)N(C)C)(OC)OC. The van der Waals surface area contributed by atoms with Crippen LogP contribution >= 0.6 is 7.51 Å². The lowest BCUT2D eigenvalue weighted by Crippen LogP contribution is -2.42. The highest BCUT2D eigenvalue weighted by Crippen LogP contribution is 2.54. The second-order valence-electron chi connectivity index (χ2n) is 5.34. The second-order valence-corrected chi connectivity index (χ2v) is 12.2. The number of hydrogen-bond donors (Lipinski definition) is 0. The summed E-state index contributed by atoms with van der Waals surface area (Å²) in [7, 11) is 13.1. The molecule has 0 aromatic rings. The summed E-state index contributed by atoms with van der Waals surface area (Å²) in [6.45, 7) is 0.757. The maximum atomic E-state index is 5.44. The van der Waals surface area contributed by atoms with Crippen LogP contribution in [0.2, 0.25) is 6.04 Å². The molecule has 0 saturated heterocycles. The first-order valence-corrected chi connectivity index (χ1v) is 10.5. The minimum atomic E-state index is -2.48. The number of nitrogens with zero attached hydrogens (tertiary/aromatic N) is 4. The van der Waals surface area contributed by atoms with Gasteiger partial charge >= 0.3 is 8.80 Å². The molecule has 0 saturated carbocycles. The van der Waals surface area contributed by atoms with Crippen molar-refractivity contribution in [3.63, 3.8) is 0 Å². The Balaban J connectivity index is 4.97. The second kappa shape index (κ2) is 9.37. The van der Waals surface area contributed by atoms with Crippen LogP contribution in [0.25, 0.3) is 0 Å². The molecule has 9 heteroatoms. The predicted octanol–water partition coefficient (Wildman–Crippen LogP) is 1.89. The Morgan fingerprint density at radius 3 is 1.48 bits per heavy atom. The zero-order valence-corrected chi connectivity index (χ0v) is 17.0. The molecule has 0 N–H and O–H groups in total. The van der Waals surface area contributed by atoms with Crippen LogP contribution in [0.15, 0.2) is 4.74 Å². The zero-order valence-electron chi connectivity index (χ0n) is 15.1. The Hall–Kier alpha value is 0.207. The molecule has 21 heavy (non-hydrogen) atoms. The summed E-state index contributed by atoms with van der Waals surface area (Å²) < 4.78 is 28.0. The maximum absolute atomic E-state index is 5.44. The Bertz CT molecular complexity index is 313. The van der Waals surface area contributed by atoms with Gasteiger partial charge in [0.15, 0.2) is 7.51 Å². The van der Waals surface area contributed by atoms with Crippen LogP contribution in [0.4, 0.5) is 0 Å². The van der Waals surface area contributed by atoms with E-state index in [4.69, 9.17) is 18.0 Å². The van der Waals surface area contributed by atoms with Gasteiger partial charge in [0.1, 0.15) is 0 Å². The van der Waals surface area contributed by atoms with Crippen LogP contribution in [0.3, 0.4) is 0 Å². The summed E-state index contributed by atoms with van der Waals surface area (Å²) in [5.41, 5.74) is 0. The van der Waals surface area contributed by atoms with E-state index in [9.17, 15) is 0 Å². The van der Waals surface area contributed by atoms with Crippen molar-refractivity contribution in [2.24, 2.45) is 4.74 Å². The molecule has 0 aliphatic heterocycles. The molecule has 0 aromatic heterocycles. The minimum Gasteiger partial charge on any atom is -0.377 e. The molecular weight excluding hydrogens is 307 g/mol. The smallest absolute Gasteiger partial charge is 0.377 e. The topological polar surface area (TPSA) is 49.8 Å². The monoisotopic (exact) mass is 340 g/mol. The Labute approximate surface area is 131 Å². The van der Waals surface area contributed by atoms with Crippen molar-refractivity contribution < 1.29 is 13.3 Å². The summed E-state index contributed by atoms with van der Waals surface area (Å²) in [5, 5.41) is 0. The molecule has 0 aromatic carbocycles. The van der Waals surface area contributed by atoms with E-state index in [2.05, 4.69) is 56.3 Å². The van der Waals surface area contributed by atoms with Crippen LogP contribution in [-0.2, 0) is 13.3 Å². The Morgan fingerprint density at radius 2 is 1.19 bits per heavy atom. The van der Waals surface area contributed by atoms with Gasteiger partial charge in [-0.1, -0.05) is 0 Å². The highest BCUT2D eigenvalue weighted by Gasteiger charge is 2.37. The first-order valence-electron chi connectivity index (χ1n) is 6.99. The minimum absolute atomic E-state index is 0.757. The molecule has 7 nitrogen and oxygen atoms in total. The normalized spacial score (nSPS) is 13.5. The van der Waals surface area contributed by atoms with E-state index in [1.54, 1.807) is 21.3 Å². The van der Waals surface area contributed by atoms with E-state index in [1.807, 2.05) is 0 Å². The van der Waals surface area contributed by atoms with Gasteiger partial charge in [0.25, 0.3) is 0 Å². The summed E-state index contributed by atoms with van der Waals surface area (Å²) in [5.74, 6) is 0. The predicted molar refractivity (Wildman–Crippen MR) is 91.5 cm³/mol. The molecule has 0 spiro atoms. The van der Waals surface area contributed by atoms with Crippen molar-refractivity contribution in [3.05, 3.63) is 0 Å². The highest BCUT2D eigenvalue weighted by molar-refractivity contribution is 7.59. The van der Waals surface area contributed by atoms with Gasteiger partial charge in [-0.15, -0.1) is 0 Å². The Morgan fingerprint density at radius 1 is 0.810 bits per heavy atom. The van der Waals surface area contributed by atoms with E-state index < -0.39 is 16.3 Å². The molecule has 0 aliphatic rings. The van der Waals surface area contributed by atoms with E-state index in [1.165, 1.54) is 0 Å². The van der Waals surface area contributed by atoms with Crippen molar-refractivity contribution >= 4 is 16.3 Å². The van der Waals surface area contributed by atoms with E-state index in [0.717, 1.165) is 19.0 Å². The van der Waals surface area contributed by atoms with Gasteiger partial charge in [0, 0.05) is 33.9 Å². The van der Waals surface area contributed by atoms with Gasteiger partial charge < -0.3 is 13.3 Å². The summed E-state index contributed by atoms with van der Waals surface area (Å²) >= 11 is 0. The third-order valence-electron chi connectivity index (χ3n) is 3.47. The van der Waals surface area contributed by atoms with E-state index in [-0.39, 0.29) is 0 Å². The molecular formula is C12H33N4O3PSi. The molecule has 0 fully saturated rings. The lowest BCUT2D eigenvalue weighted by molar-refractivity contribution is 0.123. The van der Waals surface area contributed by atoms with Gasteiger partial charge in [-0.05, 0) is 48.7 Å². The molecule has 128 valence electrons. The highest BCUT2D eigenvalue weighted by atomic mass is 31.2. The maximum Gasteiger partial charge on any atom is 0.500 e. The summed E-state index contributed by atoms with van der Waals surface area (Å²) in [6.07, 6.45) is 0.888. The molecule has 0 rings (SSSR count). The van der Waals surface area contributed by atoms with Gasteiger partial charge in [-0.25, -0.2) is 0 Å². The molecule has 0 aliphatic carbocycles. The average Bonchev–Trinajstić information content (AvgIpc) is 2.42. The summed E-state index contributed by atoms with van der Waals surface area (Å²) in [6, 6.07) is 0.772. The van der Waals surface area contributed by atoms with Crippen molar-refractivity contribution in [1.82, 2.24) is 14.0 Å². The van der Waals surface area contributed by atoms with Crippen molar-refractivity contribution in [2.45, 2.75) is 12.5 Å². The van der Waals surface area contributed by atoms with Crippen LogP contribution in [-0.4, -0.2) is 93.0 Å². The molecule has 0 heterocycles. The Kier molecular flexibility index (Phi) is 9.46. The molecule has 0 amide bonds. The molecule has 0 radical (unpaired) electrons. The van der Waals surface area contributed by atoms with Crippen LogP contribution in [0.5, 0.6) is 0 Å². The van der Waals surface area contributed by atoms with Crippen LogP contribution in [0, 0.1) is 0 Å². The standard InChI is InChI=1S/C12H33N4O3PSi/c1-14(2)20(15(3)4,16(5)6)13-11-10-12-21(17-7,18-8)19-9/h10-12H2,1-9H3. The van der Waals surface area contributed by atoms with Gasteiger partial charge in [0.2, 0.25) is 0 Å². The van der Waals surface area contributed by atoms with Crippen molar-refractivity contribution in [2.75, 3.05) is 70.2 Å². The van der Waals surface area contributed by atoms with Crippen LogP contribution in [0.1, 0.15) is 6.42 Å². The van der Waals surface area contributed by atoms with E-state index >= 15 is 0 Å². The lowest BCUT2D eigenvalue weighted by Gasteiger charge is -2.41. The third kappa shape index (κ3) is 5.11. The van der Waals surface area contributed by atoms with Crippen molar-refractivity contribution in [1.29, 1.82) is 0 Å². The number of hydrogen-bond acceptors (Lipinski definition) is 4. The quantitative estimate of drug-likeness (QED) is 0.344. The first-order chi connectivity index (χ1) is 9.72. The van der Waals surface area contributed by atoms with Gasteiger partial charge in [-0.3, -0.25) is 18.8 Å². The fraction of sp³-hybridized carbons (Fsp3) is 1.00. The number of rotatable bonds is 10. The van der Waals surface area contributed by atoms with Gasteiger partial charge in [-0.2, -0.15) is 0 Å².